The topological polar surface area (TPSA) is 63.6 Å². The minimum Gasteiger partial charge on any atom is -0.494 e. The molecule has 1 aliphatic rings. The van der Waals surface area contributed by atoms with E-state index < -0.39 is 11.8 Å². The third-order valence-electron chi connectivity index (χ3n) is 5.55. The molecule has 4 rings (SSSR count). The number of benzene rings is 2. The molecule has 2 amide bonds. The van der Waals surface area contributed by atoms with Gasteiger partial charge in [-0.1, -0.05) is 23.8 Å². The molecule has 0 radical (unpaired) electrons. The van der Waals surface area contributed by atoms with Crippen molar-refractivity contribution in [3.8, 4) is 11.4 Å². The van der Waals surface area contributed by atoms with E-state index in [-0.39, 0.29) is 10.7 Å². The van der Waals surface area contributed by atoms with Crippen molar-refractivity contribution in [2.24, 2.45) is 0 Å². The second kappa shape index (κ2) is 9.03. The predicted octanol–water partition coefficient (Wildman–Crippen LogP) is 4.63. The zero-order chi connectivity index (χ0) is 23.7. The lowest BCUT2D eigenvalue weighted by atomic mass is 10.1. The largest absolute Gasteiger partial charge is 0.494 e. The lowest BCUT2D eigenvalue weighted by Gasteiger charge is -2.29. The Balaban J connectivity index is 1.73. The van der Waals surface area contributed by atoms with Gasteiger partial charge in [-0.3, -0.25) is 19.8 Å². The Morgan fingerprint density at radius 3 is 2.42 bits per heavy atom. The normalized spacial score (nSPS) is 15.2. The monoisotopic (exact) mass is 459 g/mol. The molecule has 1 fully saturated rings. The van der Waals surface area contributed by atoms with Crippen LogP contribution in [0.25, 0.3) is 11.8 Å². The molecule has 0 bridgehead atoms. The van der Waals surface area contributed by atoms with Crippen molar-refractivity contribution in [2.45, 2.75) is 27.7 Å². The highest BCUT2D eigenvalue weighted by Gasteiger charge is 2.35. The number of thiocarbonyl (C=S) groups is 1. The van der Waals surface area contributed by atoms with Crippen LogP contribution in [0.5, 0.6) is 5.75 Å². The number of hydrogen-bond donors (Lipinski definition) is 1. The van der Waals surface area contributed by atoms with Crippen LogP contribution in [-0.4, -0.2) is 28.1 Å². The van der Waals surface area contributed by atoms with Crippen molar-refractivity contribution < 1.29 is 14.3 Å². The second-order valence-electron chi connectivity index (χ2n) is 7.89. The Kier molecular flexibility index (Phi) is 6.16. The highest BCUT2D eigenvalue weighted by molar-refractivity contribution is 7.80. The maximum Gasteiger partial charge on any atom is 0.270 e. The molecule has 0 aliphatic carbocycles. The Bertz CT molecular complexity index is 1290. The molecule has 0 saturated carbocycles. The lowest BCUT2D eigenvalue weighted by molar-refractivity contribution is -0.122. The summed E-state index contributed by atoms with van der Waals surface area (Å²) in [6, 6.07) is 17.3. The Hall–Kier alpha value is -3.71. The fourth-order valence-electron chi connectivity index (χ4n) is 3.95. The van der Waals surface area contributed by atoms with Crippen LogP contribution in [0.2, 0.25) is 0 Å². The average molecular weight is 460 g/mol. The second-order valence-corrected chi connectivity index (χ2v) is 8.27. The highest BCUT2D eigenvalue weighted by atomic mass is 32.1. The first-order valence-electron chi connectivity index (χ1n) is 10.7. The van der Waals surface area contributed by atoms with E-state index in [1.54, 1.807) is 30.3 Å². The molecule has 6 nitrogen and oxygen atoms in total. The quantitative estimate of drug-likeness (QED) is 0.343. The van der Waals surface area contributed by atoms with Crippen LogP contribution < -0.4 is 15.0 Å². The lowest BCUT2D eigenvalue weighted by Crippen LogP contribution is -2.54. The maximum absolute atomic E-state index is 13.4. The van der Waals surface area contributed by atoms with Crippen LogP contribution in [0, 0.1) is 20.8 Å². The molecule has 1 aliphatic heterocycles. The third-order valence-corrected chi connectivity index (χ3v) is 5.84. The van der Waals surface area contributed by atoms with Crippen LogP contribution in [0.15, 0.2) is 60.2 Å². The number of carbonyl (C=O) groups is 2. The van der Waals surface area contributed by atoms with Gasteiger partial charge in [0.15, 0.2) is 5.11 Å². The molecule has 168 valence electrons. The Morgan fingerprint density at radius 1 is 1.00 bits per heavy atom. The van der Waals surface area contributed by atoms with Crippen molar-refractivity contribution in [1.29, 1.82) is 0 Å². The summed E-state index contributed by atoms with van der Waals surface area (Å²) < 4.78 is 7.65. The van der Waals surface area contributed by atoms with Crippen molar-refractivity contribution in [1.82, 2.24) is 9.88 Å². The maximum atomic E-state index is 13.4. The third kappa shape index (κ3) is 4.32. The molecule has 2 heterocycles. The minimum atomic E-state index is -0.512. The summed E-state index contributed by atoms with van der Waals surface area (Å²) in [5, 5.41) is 2.68. The summed E-state index contributed by atoms with van der Waals surface area (Å²) >= 11 is 5.31. The van der Waals surface area contributed by atoms with Gasteiger partial charge in [0.25, 0.3) is 11.8 Å². The zero-order valence-electron chi connectivity index (χ0n) is 19.0. The van der Waals surface area contributed by atoms with Crippen LogP contribution in [0.3, 0.4) is 0 Å². The molecule has 3 aromatic rings. The van der Waals surface area contributed by atoms with Crippen LogP contribution in [0.1, 0.15) is 29.4 Å². The number of hydrogen-bond acceptors (Lipinski definition) is 4. The Morgan fingerprint density at radius 2 is 1.73 bits per heavy atom. The number of ether oxygens (including phenoxy) is 1. The molecule has 1 saturated heterocycles. The number of nitrogens with one attached hydrogen (secondary N) is 1. The van der Waals surface area contributed by atoms with Gasteiger partial charge in [0.2, 0.25) is 0 Å². The summed E-state index contributed by atoms with van der Waals surface area (Å²) in [6.07, 6.45) is 1.63. The van der Waals surface area contributed by atoms with Gasteiger partial charge in [-0.05, 0) is 81.9 Å². The molecule has 7 heteroatoms. The van der Waals surface area contributed by atoms with E-state index in [0.717, 1.165) is 22.6 Å². The smallest absolute Gasteiger partial charge is 0.270 e. The molecule has 1 aromatic heterocycles. The van der Waals surface area contributed by atoms with E-state index in [2.05, 4.69) is 34.1 Å². The molecule has 33 heavy (non-hydrogen) atoms. The summed E-state index contributed by atoms with van der Waals surface area (Å²) in [6.45, 7) is 8.40. The van der Waals surface area contributed by atoms with Gasteiger partial charge in [0.1, 0.15) is 11.3 Å². The first kappa shape index (κ1) is 22.5. The minimum absolute atomic E-state index is 0.0227. The highest BCUT2D eigenvalue weighted by Crippen LogP contribution is 2.28. The molecule has 0 atom stereocenters. The van der Waals surface area contributed by atoms with Crippen LogP contribution in [-0.2, 0) is 9.59 Å². The van der Waals surface area contributed by atoms with Gasteiger partial charge in [0, 0.05) is 23.1 Å². The summed E-state index contributed by atoms with van der Waals surface area (Å²) in [4.78, 5) is 27.4. The SMILES string of the molecule is CCOc1cccc(N2C(=O)/C(=C/c3cc(C)n(-c4ccc(C)cc4)c3C)C(=O)NC2=S)c1. The zero-order valence-corrected chi connectivity index (χ0v) is 19.8. The van der Waals surface area contributed by atoms with Gasteiger partial charge in [-0.25, -0.2) is 0 Å². The van der Waals surface area contributed by atoms with Crippen molar-refractivity contribution in [3.05, 3.63) is 82.7 Å². The number of carbonyl (C=O) groups excluding carboxylic acids is 2. The fraction of sp³-hybridized carbons (Fsp3) is 0.192. The number of aryl methyl sites for hydroxylation is 2. The van der Waals surface area contributed by atoms with Gasteiger partial charge < -0.3 is 9.30 Å². The van der Waals surface area contributed by atoms with Crippen molar-refractivity contribution in [3.63, 3.8) is 0 Å². The summed E-state index contributed by atoms with van der Waals surface area (Å²) in [5.74, 6) is -0.366. The number of anilines is 1. The molecule has 0 spiro atoms. The molecule has 0 unspecified atom stereocenters. The number of rotatable bonds is 5. The van der Waals surface area contributed by atoms with Gasteiger partial charge in [0.05, 0.1) is 12.3 Å². The molecule has 1 N–H and O–H groups in total. The Labute approximate surface area is 198 Å². The van der Waals surface area contributed by atoms with Gasteiger partial charge in [-0.2, -0.15) is 0 Å². The first-order valence-corrected chi connectivity index (χ1v) is 11.1. The van der Waals surface area contributed by atoms with Gasteiger partial charge in [-0.15, -0.1) is 0 Å². The van der Waals surface area contributed by atoms with E-state index in [1.165, 1.54) is 10.5 Å². The molecular formula is C26H25N3O3S. The van der Waals surface area contributed by atoms with Crippen molar-refractivity contribution >= 4 is 40.9 Å². The van der Waals surface area contributed by atoms with Crippen molar-refractivity contribution in [2.75, 3.05) is 11.5 Å². The number of amides is 2. The fourth-order valence-corrected chi connectivity index (χ4v) is 4.23. The molecular weight excluding hydrogens is 434 g/mol. The van der Waals surface area contributed by atoms with E-state index in [4.69, 9.17) is 17.0 Å². The van der Waals surface area contributed by atoms with E-state index in [1.807, 2.05) is 33.8 Å². The van der Waals surface area contributed by atoms with E-state index in [0.29, 0.717) is 18.0 Å². The van der Waals surface area contributed by atoms with E-state index >= 15 is 0 Å². The van der Waals surface area contributed by atoms with Gasteiger partial charge >= 0.3 is 0 Å². The standard InChI is InChI=1S/C26H25N3O3S/c1-5-32-22-8-6-7-21(15-22)29-25(31)23(24(30)27-26(29)33)14-19-13-17(3)28(18(19)4)20-11-9-16(2)10-12-20/h6-15H,5H2,1-4H3,(H,27,30,33)/b23-14+. The summed E-state index contributed by atoms with van der Waals surface area (Å²) in [7, 11) is 0. The molecule has 2 aromatic carbocycles. The van der Waals surface area contributed by atoms with E-state index in [9.17, 15) is 9.59 Å². The number of nitrogens with zero attached hydrogens (tertiary/aromatic N) is 2. The van der Waals surface area contributed by atoms with Crippen LogP contribution >= 0.6 is 12.2 Å². The predicted molar refractivity (Wildman–Crippen MR) is 134 cm³/mol. The number of aromatic nitrogens is 1. The summed E-state index contributed by atoms with van der Waals surface area (Å²) in [5.41, 5.74) is 5.49. The first-order chi connectivity index (χ1) is 15.8. The van der Waals surface area contributed by atoms with Crippen LogP contribution in [0.4, 0.5) is 5.69 Å². The average Bonchev–Trinajstić information content (AvgIpc) is 3.05.